The van der Waals surface area contributed by atoms with Crippen molar-refractivity contribution >= 4 is 17.8 Å². The molecule has 0 radical (unpaired) electrons. The minimum Gasteiger partial charge on any atom is -0.497 e. The highest BCUT2D eigenvalue weighted by Crippen LogP contribution is 2.34. The van der Waals surface area contributed by atoms with Crippen LogP contribution in [0.1, 0.15) is 25.0 Å². The van der Waals surface area contributed by atoms with E-state index >= 15 is 0 Å². The first-order valence-electron chi connectivity index (χ1n) is 12.7. The van der Waals surface area contributed by atoms with Gasteiger partial charge >= 0.3 is 6.03 Å². The van der Waals surface area contributed by atoms with Crippen molar-refractivity contribution in [1.29, 1.82) is 0 Å². The molecule has 0 aromatic heterocycles. The summed E-state index contributed by atoms with van der Waals surface area (Å²) in [6.45, 7) is 4.83. The molecule has 11 nitrogen and oxygen atoms in total. The van der Waals surface area contributed by atoms with Crippen LogP contribution in [0.3, 0.4) is 0 Å². The van der Waals surface area contributed by atoms with E-state index in [9.17, 15) is 14.4 Å². The minimum atomic E-state index is -0.680. The van der Waals surface area contributed by atoms with Crippen molar-refractivity contribution in [2.75, 3.05) is 34.0 Å². The molecule has 0 aliphatic carbocycles. The second-order valence-electron chi connectivity index (χ2n) is 10.0. The second kappa shape index (κ2) is 10.4. The van der Waals surface area contributed by atoms with Crippen LogP contribution in [0.4, 0.5) is 4.79 Å². The monoisotopic (exact) mass is 523 g/mol. The van der Waals surface area contributed by atoms with E-state index in [0.29, 0.717) is 24.6 Å². The summed E-state index contributed by atoms with van der Waals surface area (Å²) in [5, 5.41) is 6.14. The molecule has 1 N–H and O–H groups in total. The molecule has 2 aromatic carbocycles. The van der Waals surface area contributed by atoms with Gasteiger partial charge in [-0.2, -0.15) is 0 Å². The number of hydrogen-bond acceptors (Lipinski definition) is 7. The van der Waals surface area contributed by atoms with Gasteiger partial charge in [0.2, 0.25) is 18.6 Å². The van der Waals surface area contributed by atoms with Gasteiger partial charge in [0.05, 0.1) is 20.2 Å². The van der Waals surface area contributed by atoms with E-state index in [0.717, 1.165) is 16.9 Å². The lowest BCUT2D eigenvalue weighted by molar-refractivity contribution is -0.190. The molecule has 0 spiro atoms. The number of nitrogens with one attached hydrogen (secondary N) is 1. The highest BCUT2D eigenvalue weighted by molar-refractivity contribution is 5.91. The molecule has 2 atom stereocenters. The number of hydrazine groups is 1. The van der Waals surface area contributed by atoms with E-state index in [4.69, 9.17) is 14.2 Å². The summed E-state index contributed by atoms with van der Waals surface area (Å²) in [6, 6.07) is 12.0. The first-order chi connectivity index (χ1) is 18.3. The summed E-state index contributed by atoms with van der Waals surface area (Å²) in [6.07, 6.45) is -0.642. The summed E-state index contributed by atoms with van der Waals surface area (Å²) in [5.74, 6) is 1.60. The molecule has 11 heteroatoms. The maximum Gasteiger partial charge on any atom is 0.334 e. The average Bonchev–Trinajstić information content (AvgIpc) is 3.36. The molecule has 202 valence electrons. The third kappa shape index (κ3) is 4.81. The molecule has 0 bridgehead atoms. The van der Waals surface area contributed by atoms with E-state index in [1.165, 1.54) is 0 Å². The molecule has 2 fully saturated rings. The molecule has 0 unspecified atom stereocenters. The third-order valence-electron chi connectivity index (χ3n) is 7.12. The van der Waals surface area contributed by atoms with Gasteiger partial charge in [-0.3, -0.25) is 9.59 Å². The number of fused-ring (bicyclic) bond motifs is 2. The van der Waals surface area contributed by atoms with Gasteiger partial charge in [-0.05, 0) is 41.3 Å². The highest BCUT2D eigenvalue weighted by Gasteiger charge is 2.51. The van der Waals surface area contributed by atoms with Gasteiger partial charge in [-0.15, -0.1) is 0 Å². The summed E-state index contributed by atoms with van der Waals surface area (Å²) in [7, 11) is 3.32. The van der Waals surface area contributed by atoms with Crippen LogP contribution in [0.2, 0.25) is 0 Å². The Labute approximate surface area is 221 Å². The Morgan fingerprint density at radius 2 is 1.79 bits per heavy atom. The minimum absolute atomic E-state index is 0.00508. The van der Waals surface area contributed by atoms with Gasteiger partial charge in [-0.25, -0.2) is 14.8 Å². The number of carbonyl (C=O) groups is 3. The number of likely N-dealkylation sites (N-methyl/N-ethyl adjacent to an activating group) is 1. The standard InChI is InChI=1S/C27H33N5O6/c1-17(2)25-26(34)30(13-19-7-10-21-22(11-19)38-16-37-21)14-23-31(25)24(33)15-29(3)32(23)27(35)28-12-18-5-8-20(36-4)9-6-18/h5-11,17,23,25H,12-16H2,1-4H3,(H,28,35)/t23-,25-/m0/s1. The molecule has 0 saturated carbocycles. The van der Waals surface area contributed by atoms with Crippen molar-refractivity contribution in [2.24, 2.45) is 5.92 Å². The number of benzene rings is 2. The van der Waals surface area contributed by atoms with Crippen molar-refractivity contribution in [2.45, 2.75) is 39.1 Å². The predicted molar refractivity (Wildman–Crippen MR) is 137 cm³/mol. The highest BCUT2D eigenvalue weighted by atomic mass is 16.7. The number of methoxy groups -OCH3 is 1. The SMILES string of the molecule is COc1ccc(CNC(=O)N2[C@H]3CN(Cc4ccc5c(c4)OCO5)C(=O)[C@H](C(C)C)N3C(=O)CN2C)cc1. The molecule has 4 amide bonds. The number of hydrogen-bond donors (Lipinski definition) is 1. The van der Waals surface area contributed by atoms with Crippen LogP contribution < -0.4 is 19.5 Å². The smallest absolute Gasteiger partial charge is 0.334 e. The Hall–Kier alpha value is -3.99. The summed E-state index contributed by atoms with van der Waals surface area (Å²) < 4.78 is 16.1. The topological polar surface area (TPSA) is 104 Å². The Morgan fingerprint density at radius 3 is 2.50 bits per heavy atom. The molecular weight excluding hydrogens is 490 g/mol. The molecule has 2 aromatic rings. The lowest BCUT2D eigenvalue weighted by Gasteiger charge is -2.55. The van der Waals surface area contributed by atoms with Crippen molar-refractivity contribution < 1.29 is 28.6 Å². The van der Waals surface area contributed by atoms with Crippen LogP contribution in [0.15, 0.2) is 42.5 Å². The van der Waals surface area contributed by atoms with E-state index in [-0.39, 0.29) is 43.6 Å². The number of urea groups is 1. The zero-order chi connectivity index (χ0) is 27.0. The van der Waals surface area contributed by atoms with Crippen molar-refractivity contribution in [3.05, 3.63) is 53.6 Å². The van der Waals surface area contributed by atoms with E-state index in [2.05, 4.69) is 5.32 Å². The number of amides is 4. The quantitative estimate of drug-likeness (QED) is 0.618. The Bertz CT molecular complexity index is 1220. The van der Waals surface area contributed by atoms with Crippen LogP contribution in [0, 0.1) is 5.92 Å². The number of carbonyl (C=O) groups excluding carboxylic acids is 3. The average molecular weight is 524 g/mol. The van der Waals surface area contributed by atoms with Crippen LogP contribution in [0.25, 0.3) is 0 Å². The number of ether oxygens (including phenoxy) is 3. The number of piperazine rings is 1. The zero-order valence-corrected chi connectivity index (χ0v) is 22.0. The van der Waals surface area contributed by atoms with Gasteiger partial charge in [-0.1, -0.05) is 32.0 Å². The maximum absolute atomic E-state index is 13.7. The molecule has 3 heterocycles. The van der Waals surface area contributed by atoms with Gasteiger partial charge in [0.1, 0.15) is 18.0 Å². The summed E-state index contributed by atoms with van der Waals surface area (Å²) in [4.78, 5) is 43.7. The van der Waals surface area contributed by atoms with E-state index in [1.54, 1.807) is 34.0 Å². The Kier molecular flexibility index (Phi) is 7.02. The second-order valence-corrected chi connectivity index (χ2v) is 10.0. The van der Waals surface area contributed by atoms with Crippen LogP contribution >= 0.6 is 0 Å². The molecular formula is C27H33N5O6. The van der Waals surface area contributed by atoms with Gasteiger partial charge in [0, 0.05) is 20.1 Å². The van der Waals surface area contributed by atoms with Crippen LogP contribution in [-0.2, 0) is 22.7 Å². The number of rotatable bonds is 6. The molecule has 5 rings (SSSR count). The lowest BCUT2D eigenvalue weighted by Crippen LogP contribution is -2.76. The molecule has 3 aliphatic rings. The van der Waals surface area contributed by atoms with E-state index < -0.39 is 12.2 Å². The van der Waals surface area contributed by atoms with Crippen molar-refractivity contribution in [1.82, 2.24) is 25.1 Å². The Morgan fingerprint density at radius 1 is 1.08 bits per heavy atom. The fourth-order valence-corrected chi connectivity index (χ4v) is 5.27. The molecule has 3 aliphatic heterocycles. The fraction of sp³-hybridized carbons (Fsp3) is 0.444. The zero-order valence-electron chi connectivity index (χ0n) is 22.0. The third-order valence-corrected chi connectivity index (χ3v) is 7.12. The van der Waals surface area contributed by atoms with E-state index in [1.807, 2.05) is 56.3 Å². The van der Waals surface area contributed by atoms with Crippen molar-refractivity contribution in [3.8, 4) is 17.2 Å². The summed E-state index contributed by atoms with van der Waals surface area (Å²) >= 11 is 0. The van der Waals surface area contributed by atoms with Crippen LogP contribution in [0.5, 0.6) is 17.2 Å². The van der Waals surface area contributed by atoms with Crippen molar-refractivity contribution in [3.63, 3.8) is 0 Å². The fourth-order valence-electron chi connectivity index (χ4n) is 5.27. The lowest BCUT2D eigenvalue weighted by atomic mass is 9.96. The largest absolute Gasteiger partial charge is 0.497 e. The molecule has 38 heavy (non-hydrogen) atoms. The summed E-state index contributed by atoms with van der Waals surface area (Å²) in [5.41, 5.74) is 1.79. The Balaban J connectivity index is 1.38. The molecule has 2 saturated heterocycles. The maximum atomic E-state index is 13.7. The first-order valence-corrected chi connectivity index (χ1v) is 12.7. The van der Waals surface area contributed by atoms with Crippen LogP contribution in [-0.4, -0.2) is 83.9 Å². The van der Waals surface area contributed by atoms with Gasteiger partial charge in [0.15, 0.2) is 11.5 Å². The first kappa shape index (κ1) is 25.7. The number of nitrogens with zero attached hydrogens (tertiary/aromatic N) is 4. The van der Waals surface area contributed by atoms with Gasteiger partial charge < -0.3 is 29.3 Å². The predicted octanol–water partition coefficient (Wildman–Crippen LogP) is 2.02. The van der Waals surface area contributed by atoms with Gasteiger partial charge in [0.25, 0.3) is 0 Å². The normalized spacial score (nSPS) is 21.1.